The molecule has 142 valence electrons. The Kier molecular flexibility index (Phi) is 7.97. The summed E-state index contributed by atoms with van der Waals surface area (Å²) >= 11 is 7.47. The van der Waals surface area contributed by atoms with E-state index in [4.69, 9.17) is 11.6 Å². The minimum atomic E-state index is -0.422. The van der Waals surface area contributed by atoms with E-state index in [2.05, 4.69) is 17.2 Å². The highest BCUT2D eigenvalue weighted by Gasteiger charge is 2.36. The van der Waals surface area contributed by atoms with Crippen LogP contribution < -0.4 is 5.32 Å². The fourth-order valence-corrected chi connectivity index (χ4v) is 3.95. The highest BCUT2D eigenvalue weighted by Crippen LogP contribution is 2.32. The van der Waals surface area contributed by atoms with E-state index in [1.54, 1.807) is 7.05 Å². The van der Waals surface area contributed by atoms with Gasteiger partial charge >= 0.3 is 0 Å². The molecule has 1 saturated heterocycles. The summed E-state index contributed by atoms with van der Waals surface area (Å²) in [4.78, 5) is 30.6. The average Bonchev–Trinajstić information content (AvgIpc) is 2.87. The van der Waals surface area contributed by atoms with Crippen molar-refractivity contribution in [3.63, 3.8) is 0 Å². The highest BCUT2D eigenvalue weighted by atomic mass is 35.5. The predicted octanol–water partition coefficient (Wildman–Crippen LogP) is 4.30. The number of hydrogen-bond donors (Lipinski definition) is 1. The summed E-state index contributed by atoms with van der Waals surface area (Å²) in [7, 11) is 1.69. The van der Waals surface area contributed by atoms with Crippen molar-refractivity contribution in [2.75, 3.05) is 13.6 Å². The molecule has 2 amide bonds. The maximum Gasteiger partial charge on any atom is 0.242 e. The third-order valence-corrected chi connectivity index (χ3v) is 5.96. The average molecular weight is 396 g/mol. The van der Waals surface area contributed by atoms with Gasteiger partial charge in [0.05, 0.1) is 5.69 Å². The Morgan fingerprint density at radius 3 is 2.85 bits per heavy atom. The molecule has 26 heavy (non-hydrogen) atoms. The first-order valence-corrected chi connectivity index (χ1v) is 10.2. The van der Waals surface area contributed by atoms with Crippen molar-refractivity contribution in [2.45, 2.75) is 51.2 Å². The third-order valence-electron chi connectivity index (χ3n) is 4.32. The van der Waals surface area contributed by atoms with E-state index >= 15 is 0 Å². The van der Waals surface area contributed by atoms with Crippen LogP contribution >= 0.6 is 23.4 Å². The second-order valence-corrected chi connectivity index (χ2v) is 7.97. The molecule has 5 nitrogen and oxygen atoms in total. The number of amidine groups is 1. The van der Waals surface area contributed by atoms with Crippen LogP contribution in [0.1, 0.15) is 44.6 Å². The molecule has 0 aromatic heterocycles. The number of carbonyl (C=O) groups is 2. The molecule has 1 heterocycles. The Hall–Kier alpha value is -1.53. The number of unbranched alkanes of at least 4 members (excludes halogenated alkanes) is 3. The van der Waals surface area contributed by atoms with E-state index in [0.717, 1.165) is 24.1 Å². The van der Waals surface area contributed by atoms with Gasteiger partial charge in [0.25, 0.3) is 0 Å². The topological polar surface area (TPSA) is 61.8 Å². The number of hydrogen-bond acceptors (Lipinski definition) is 4. The van der Waals surface area contributed by atoms with Crippen molar-refractivity contribution in [3.05, 3.63) is 28.8 Å². The zero-order valence-corrected chi connectivity index (χ0v) is 17.1. The number of aliphatic imine (C=N–C) groups is 1. The van der Waals surface area contributed by atoms with Crippen LogP contribution in [0.2, 0.25) is 5.02 Å². The van der Waals surface area contributed by atoms with E-state index in [1.165, 1.54) is 29.5 Å². The summed E-state index contributed by atoms with van der Waals surface area (Å²) < 4.78 is 0. The van der Waals surface area contributed by atoms with Crippen LogP contribution in [-0.2, 0) is 9.59 Å². The van der Waals surface area contributed by atoms with Crippen LogP contribution in [0, 0.1) is 6.92 Å². The third kappa shape index (κ3) is 5.48. The number of nitrogens with zero attached hydrogens (tertiary/aromatic N) is 2. The van der Waals surface area contributed by atoms with Crippen LogP contribution in [0.25, 0.3) is 0 Å². The zero-order chi connectivity index (χ0) is 19.1. The smallest absolute Gasteiger partial charge is 0.242 e. The maximum absolute atomic E-state index is 12.4. The molecule has 1 aromatic carbocycles. The second-order valence-electron chi connectivity index (χ2n) is 6.40. The molecule has 1 fully saturated rings. The molecule has 1 aliphatic rings. The van der Waals surface area contributed by atoms with E-state index in [9.17, 15) is 9.59 Å². The zero-order valence-electron chi connectivity index (χ0n) is 15.5. The van der Waals surface area contributed by atoms with Gasteiger partial charge in [-0.2, -0.15) is 0 Å². The molecule has 0 bridgehead atoms. The number of nitrogens with one attached hydrogen (secondary N) is 1. The maximum atomic E-state index is 12.4. The summed E-state index contributed by atoms with van der Waals surface area (Å²) in [6, 6.07) is 5.51. The highest BCUT2D eigenvalue weighted by molar-refractivity contribution is 8.15. The number of halogens is 1. The lowest BCUT2D eigenvalue weighted by atomic mass is 10.2. The van der Waals surface area contributed by atoms with Crippen LogP contribution in [0.5, 0.6) is 0 Å². The monoisotopic (exact) mass is 395 g/mol. The molecule has 0 radical (unpaired) electrons. The van der Waals surface area contributed by atoms with Gasteiger partial charge < -0.3 is 5.32 Å². The Morgan fingerprint density at radius 2 is 2.12 bits per heavy atom. The second kappa shape index (κ2) is 9.97. The van der Waals surface area contributed by atoms with Crippen LogP contribution in [0.15, 0.2) is 23.2 Å². The van der Waals surface area contributed by atoms with E-state index in [1.807, 2.05) is 25.1 Å². The number of thioether (sulfide) groups is 1. The molecule has 1 aliphatic heterocycles. The molecular formula is C19H26ClN3O2S. The quantitative estimate of drug-likeness (QED) is 0.667. The minimum Gasteiger partial charge on any atom is -0.356 e. The lowest BCUT2D eigenvalue weighted by Crippen LogP contribution is -2.32. The Bertz CT molecular complexity index is 693. The van der Waals surface area contributed by atoms with Gasteiger partial charge in [-0.3, -0.25) is 14.5 Å². The molecular weight excluding hydrogens is 370 g/mol. The number of benzene rings is 1. The Balaban J connectivity index is 1.94. The number of amides is 2. The van der Waals surface area contributed by atoms with Gasteiger partial charge in [-0.25, -0.2) is 4.99 Å². The fraction of sp³-hybridized carbons (Fsp3) is 0.526. The first-order valence-electron chi connectivity index (χ1n) is 8.98. The van der Waals surface area contributed by atoms with Gasteiger partial charge in [-0.15, -0.1) is 0 Å². The molecule has 1 atom stereocenters. The largest absolute Gasteiger partial charge is 0.356 e. The molecule has 1 N–H and O–H groups in total. The summed E-state index contributed by atoms with van der Waals surface area (Å²) in [5.41, 5.74) is 1.61. The fourth-order valence-electron chi connectivity index (χ4n) is 2.64. The van der Waals surface area contributed by atoms with E-state index < -0.39 is 5.25 Å². The van der Waals surface area contributed by atoms with Gasteiger partial charge in [0, 0.05) is 25.0 Å². The van der Waals surface area contributed by atoms with Gasteiger partial charge in [-0.05, 0) is 31.0 Å². The van der Waals surface area contributed by atoms with E-state index in [0.29, 0.717) is 16.7 Å². The van der Waals surface area contributed by atoms with Crippen LogP contribution in [-0.4, -0.2) is 40.7 Å². The van der Waals surface area contributed by atoms with Crippen LogP contribution in [0.3, 0.4) is 0 Å². The SMILES string of the molecule is CCCCCCNC(=O)C[C@@H]1SC(=Nc2cccc(Cl)c2C)N(C)C1=O. The Morgan fingerprint density at radius 1 is 1.35 bits per heavy atom. The van der Waals surface area contributed by atoms with Crippen molar-refractivity contribution < 1.29 is 9.59 Å². The molecule has 1 aromatic rings. The molecule has 0 saturated carbocycles. The summed E-state index contributed by atoms with van der Waals surface area (Å²) in [5.74, 6) is -0.171. The first-order chi connectivity index (χ1) is 12.4. The van der Waals surface area contributed by atoms with E-state index in [-0.39, 0.29) is 18.2 Å². The van der Waals surface area contributed by atoms with Gasteiger partial charge in [0.2, 0.25) is 11.8 Å². The first kappa shape index (κ1) is 20.8. The van der Waals surface area contributed by atoms with Crippen molar-refractivity contribution in [3.8, 4) is 0 Å². The lowest BCUT2D eigenvalue weighted by Gasteiger charge is -2.10. The number of rotatable bonds is 8. The lowest BCUT2D eigenvalue weighted by molar-refractivity contribution is -0.128. The summed E-state index contributed by atoms with van der Waals surface area (Å²) in [6.45, 7) is 4.72. The summed E-state index contributed by atoms with van der Waals surface area (Å²) in [5, 5.41) is 3.72. The molecule has 0 unspecified atom stereocenters. The van der Waals surface area contributed by atoms with Gasteiger partial charge in [-0.1, -0.05) is 55.6 Å². The Labute approximate surface area is 164 Å². The minimum absolute atomic E-state index is 0.0825. The van der Waals surface area contributed by atoms with Gasteiger partial charge in [0.1, 0.15) is 5.25 Å². The van der Waals surface area contributed by atoms with Crippen molar-refractivity contribution >= 4 is 46.0 Å². The van der Waals surface area contributed by atoms with Gasteiger partial charge in [0.15, 0.2) is 5.17 Å². The van der Waals surface area contributed by atoms with Crippen LogP contribution in [0.4, 0.5) is 5.69 Å². The molecule has 2 rings (SSSR count). The number of carbonyl (C=O) groups excluding carboxylic acids is 2. The molecule has 7 heteroatoms. The van der Waals surface area contributed by atoms with Crippen molar-refractivity contribution in [2.24, 2.45) is 4.99 Å². The molecule has 0 aliphatic carbocycles. The predicted molar refractivity (Wildman–Crippen MR) is 109 cm³/mol. The molecule has 0 spiro atoms. The summed E-state index contributed by atoms with van der Waals surface area (Å²) in [6.07, 6.45) is 4.62. The normalized spacial score (nSPS) is 18.6. The van der Waals surface area contributed by atoms with Crippen molar-refractivity contribution in [1.82, 2.24) is 10.2 Å². The standard InChI is InChI=1S/C19H26ClN3O2S/c1-4-5-6-7-11-21-17(24)12-16-18(25)23(3)19(26-16)22-15-10-8-9-14(20)13(15)2/h8-10,16H,4-7,11-12H2,1-3H3,(H,21,24)/t16-/m0/s1. The van der Waals surface area contributed by atoms with Crippen molar-refractivity contribution in [1.29, 1.82) is 0 Å².